The molecule has 2 unspecified atom stereocenters. The molecule has 4 aliphatic heterocycles. The van der Waals surface area contributed by atoms with Gasteiger partial charge >= 0.3 is 18.3 Å². The number of halogens is 6. The number of piperazine rings is 1. The second kappa shape index (κ2) is 20.1. The van der Waals surface area contributed by atoms with Gasteiger partial charge in [0, 0.05) is 44.1 Å². The van der Waals surface area contributed by atoms with E-state index >= 15 is 8.78 Å². The third-order valence-electron chi connectivity index (χ3n) is 14.9. The van der Waals surface area contributed by atoms with Crippen LogP contribution in [0.1, 0.15) is 110 Å². The summed E-state index contributed by atoms with van der Waals surface area (Å²) in [5.74, 6) is 0.105. The molecule has 0 spiro atoms. The van der Waals surface area contributed by atoms with Crippen LogP contribution in [0.3, 0.4) is 0 Å². The van der Waals surface area contributed by atoms with Crippen molar-refractivity contribution < 1.29 is 54.9 Å². The van der Waals surface area contributed by atoms with E-state index in [9.17, 15) is 27.2 Å². The quantitative estimate of drug-likeness (QED) is 0.0594. The summed E-state index contributed by atoms with van der Waals surface area (Å²) < 4.78 is 115. The SMILES string of the molecule is COCOc1cc(-c2nc(C(=O)NCC(F)(F)F)c3c(N4CC5CCC(C4)N5C(=O)OC(C)(C)C)nc(OC[C@@]45CCCN4C[C@H](F)C5)nc3c2F)c2c(C#C[Si](C(C)C)(C(C)C)C(C)C)c(F)ccc2c1. The van der Waals surface area contributed by atoms with Crippen LogP contribution in [0.25, 0.3) is 32.9 Å². The summed E-state index contributed by atoms with van der Waals surface area (Å²) in [7, 11) is -1.11. The first-order chi connectivity index (χ1) is 33.9. The third kappa shape index (κ3) is 10.3. The smallest absolute Gasteiger partial charge is 0.410 e. The zero-order valence-electron chi connectivity index (χ0n) is 42.7. The molecule has 4 atom stereocenters. The fraction of sp³-hybridized carbons (Fsp3) is 0.596. The highest BCUT2D eigenvalue weighted by Gasteiger charge is 2.50. The minimum Gasteiger partial charge on any atom is -0.468 e. The molecular formula is C52H65F6N7O6Si. The van der Waals surface area contributed by atoms with Crippen molar-refractivity contribution in [3.05, 3.63) is 47.2 Å². The number of amides is 2. The first kappa shape index (κ1) is 52.9. The fourth-order valence-corrected chi connectivity index (χ4v) is 17.1. The van der Waals surface area contributed by atoms with Crippen molar-refractivity contribution in [2.75, 3.05) is 58.1 Å². The van der Waals surface area contributed by atoms with Gasteiger partial charge in [-0.15, -0.1) is 5.54 Å². The van der Waals surface area contributed by atoms with E-state index in [4.69, 9.17) is 23.9 Å². The zero-order chi connectivity index (χ0) is 52.2. The molecule has 20 heteroatoms. The van der Waals surface area contributed by atoms with Crippen molar-refractivity contribution in [1.82, 2.24) is 30.1 Å². The summed E-state index contributed by atoms with van der Waals surface area (Å²) in [6.07, 6.45) is -3.72. The average molecular weight is 1030 g/mol. The minimum absolute atomic E-state index is 0.0622. The van der Waals surface area contributed by atoms with Gasteiger partial charge in [0.15, 0.2) is 12.6 Å². The molecule has 2 aromatic carbocycles. The molecule has 8 rings (SSSR count). The first-order valence-electron chi connectivity index (χ1n) is 24.8. The maximum absolute atomic E-state index is 18.4. The molecule has 0 radical (unpaired) electrons. The number of nitrogens with zero attached hydrogens (tertiary/aromatic N) is 6. The topological polar surface area (TPSA) is 131 Å². The second-order valence-corrected chi connectivity index (χ2v) is 27.3. The highest BCUT2D eigenvalue weighted by Crippen LogP contribution is 2.45. The largest absolute Gasteiger partial charge is 0.468 e. The number of rotatable bonds is 13. The van der Waals surface area contributed by atoms with Gasteiger partial charge in [-0.2, -0.15) is 23.1 Å². The maximum atomic E-state index is 18.4. The summed E-state index contributed by atoms with van der Waals surface area (Å²) in [5, 5.41) is 2.07. The van der Waals surface area contributed by atoms with Crippen molar-refractivity contribution in [3.8, 4) is 34.5 Å². The molecule has 13 nitrogen and oxygen atoms in total. The minimum atomic E-state index is -4.85. The Labute approximate surface area is 417 Å². The number of fused-ring (bicyclic) bond motifs is 5. The Kier molecular flexibility index (Phi) is 14.8. The Morgan fingerprint density at radius 3 is 2.24 bits per heavy atom. The maximum Gasteiger partial charge on any atom is 0.410 e. The van der Waals surface area contributed by atoms with Crippen molar-refractivity contribution in [3.63, 3.8) is 0 Å². The highest BCUT2D eigenvalue weighted by molar-refractivity contribution is 6.90. The van der Waals surface area contributed by atoms with Gasteiger partial charge in [0.2, 0.25) is 0 Å². The van der Waals surface area contributed by atoms with Gasteiger partial charge in [-0.1, -0.05) is 53.5 Å². The fourth-order valence-electron chi connectivity index (χ4n) is 11.9. The number of anilines is 1. The number of hydrogen-bond acceptors (Lipinski definition) is 11. The standard InChI is InChI=1S/C52H65F6N7O6Si/c1-29(2)72(30(3)4,31(5)6)19-16-37-39(54)15-12-32-20-36(70-28-68-10)21-38(40(32)37)43-42(55)44-41(45(60-43)47(66)59-26-52(56,57)58)46(62-48(61-44)69-27-51-17-11-18-64(51)23-33(53)22-51)63-24-34-13-14-35(25-63)65(34)49(67)71-50(7,8)9/h12,15,20-21,29-31,33-35H,11,13-14,17-18,22-28H2,1-10H3,(H,59,66)/t33-,34?,35?,51+/m1/s1. The molecule has 2 amide bonds. The molecule has 0 saturated carbocycles. The average Bonchev–Trinajstić information content (AvgIpc) is 3.92. The number of aromatic nitrogens is 3. The number of benzene rings is 2. The monoisotopic (exact) mass is 1030 g/mol. The van der Waals surface area contributed by atoms with E-state index in [-0.39, 0.29) is 95.6 Å². The van der Waals surface area contributed by atoms with E-state index in [1.807, 2.05) is 10.2 Å². The van der Waals surface area contributed by atoms with Gasteiger partial charge in [-0.25, -0.2) is 22.9 Å². The van der Waals surface area contributed by atoms with E-state index in [0.717, 1.165) is 6.42 Å². The number of methoxy groups -OCH3 is 1. The normalized spacial score (nSPS) is 21.5. The number of pyridine rings is 1. The molecule has 72 heavy (non-hydrogen) atoms. The molecule has 4 aromatic rings. The number of alkyl halides is 4. The van der Waals surface area contributed by atoms with Gasteiger partial charge in [0.1, 0.15) is 67.3 Å². The summed E-state index contributed by atoms with van der Waals surface area (Å²) >= 11 is 0. The van der Waals surface area contributed by atoms with Crippen LogP contribution in [0.5, 0.6) is 11.8 Å². The number of nitrogens with one attached hydrogen (secondary N) is 1. The lowest BCUT2D eigenvalue weighted by molar-refractivity contribution is -0.123. The van der Waals surface area contributed by atoms with Crippen molar-refractivity contribution >= 4 is 47.6 Å². The first-order valence-corrected chi connectivity index (χ1v) is 27.1. The van der Waals surface area contributed by atoms with Gasteiger partial charge in [-0.3, -0.25) is 14.6 Å². The van der Waals surface area contributed by atoms with Crippen LogP contribution in [0.15, 0.2) is 24.3 Å². The molecule has 1 N–H and O–H groups in total. The molecule has 2 bridgehead atoms. The van der Waals surface area contributed by atoms with Gasteiger partial charge in [-0.05, 0) is 93.2 Å². The van der Waals surface area contributed by atoms with Crippen LogP contribution in [0.2, 0.25) is 16.6 Å². The van der Waals surface area contributed by atoms with Crippen LogP contribution < -0.4 is 19.7 Å². The lowest BCUT2D eigenvalue weighted by Crippen LogP contribution is -2.57. The molecular weight excluding hydrogens is 961 g/mol. The van der Waals surface area contributed by atoms with E-state index in [1.54, 1.807) is 36.6 Å². The lowest BCUT2D eigenvalue weighted by Gasteiger charge is -2.42. The molecule has 0 aliphatic carbocycles. The Hall–Kier alpha value is -5.39. The van der Waals surface area contributed by atoms with E-state index in [0.29, 0.717) is 31.2 Å². The number of carbonyl (C=O) groups is 2. The molecule has 2 aromatic heterocycles. The third-order valence-corrected chi connectivity index (χ3v) is 21.2. The number of hydrogen-bond donors (Lipinski definition) is 1. The van der Waals surface area contributed by atoms with Crippen LogP contribution in [0, 0.1) is 23.1 Å². The Morgan fingerprint density at radius 2 is 1.61 bits per heavy atom. The van der Waals surface area contributed by atoms with E-state index in [2.05, 4.69) is 63.0 Å². The Morgan fingerprint density at radius 1 is 0.931 bits per heavy atom. The van der Waals surface area contributed by atoms with Crippen molar-refractivity contribution in [2.45, 2.75) is 147 Å². The molecule has 6 heterocycles. The molecule has 390 valence electrons. The predicted molar refractivity (Wildman–Crippen MR) is 265 cm³/mol. The van der Waals surface area contributed by atoms with E-state index < -0.39 is 90.7 Å². The predicted octanol–water partition coefficient (Wildman–Crippen LogP) is 10.5. The van der Waals surface area contributed by atoms with Crippen LogP contribution in [0.4, 0.5) is 37.0 Å². The molecule has 4 aliphatic rings. The van der Waals surface area contributed by atoms with Crippen LogP contribution in [-0.2, 0) is 9.47 Å². The molecule has 4 fully saturated rings. The Balaban J connectivity index is 1.40. The summed E-state index contributed by atoms with van der Waals surface area (Å²) in [5.41, 5.74) is 0.664. The lowest BCUT2D eigenvalue weighted by atomic mass is 9.95. The van der Waals surface area contributed by atoms with Gasteiger partial charge in [0.25, 0.3) is 5.91 Å². The van der Waals surface area contributed by atoms with Crippen LogP contribution in [-0.4, -0.2) is 134 Å². The van der Waals surface area contributed by atoms with Crippen LogP contribution >= 0.6 is 0 Å². The molecule has 4 saturated heterocycles. The zero-order valence-corrected chi connectivity index (χ0v) is 43.7. The van der Waals surface area contributed by atoms with Crippen molar-refractivity contribution in [2.24, 2.45) is 0 Å². The summed E-state index contributed by atoms with van der Waals surface area (Å²) in [6, 6.07) is 4.52. The van der Waals surface area contributed by atoms with Crippen molar-refractivity contribution in [1.29, 1.82) is 0 Å². The van der Waals surface area contributed by atoms with Gasteiger partial charge < -0.3 is 29.2 Å². The number of carbonyl (C=O) groups excluding carboxylic acids is 2. The van der Waals surface area contributed by atoms with E-state index in [1.165, 1.54) is 25.3 Å². The number of ether oxygens (including phenoxy) is 4. The summed E-state index contributed by atoms with van der Waals surface area (Å²) in [6.45, 7) is 17.0. The Bertz CT molecular complexity index is 2760. The highest BCUT2D eigenvalue weighted by atomic mass is 28.3. The second-order valence-electron chi connectivity index (χ2n) is 21.7. The summed E-state index contributed by atoms with van der Waals surface area (Å²) in [4.78, 5) is 47.5. The van der Waals surface area contributed by atoms with Gasteiger partial charge in [0.05, 0.1) is 28.6 Å².